The standard InChI is InChI=1S/C32H41N3O5S/c1-7-25(5)33-32(37)29(8-2)34(21-26-15-17-27(40-6)18-16-26)31(36)22-35(30-19-14-23(3)20-24(30)4)41(38,39)28-12-10-9-11-13-28/h9-20,25,29H,7-8,21-22H2,1-6H3,(H,33,37)/t25-,29-/m1/s1. The van der Waals surface area contributed by atoms with Gasteiger partial charge in [0.1, 0.15) is 18.3 Å². The second-order valence-corrected chi connectivity index (χ2v) is 12.1. The average Bonchev–Trinajstić information content (AvgIpc) is 2.96. The molecule has 0 spiro atoms. The van der Waals surface area contributed by atoms with Gasteiger partial charge < -0.3 is 15.0 Å². The first-order chi connectivity index (χ1) is 19.5. The maximum atomic E-state index is 14.2. The summed E-state index contributed by atoms with van der Waals surface area (Å²) < 4.78 is 34.4. The average molecular weight is 580 g/mol. The van der Waals surface area contributed by atoms with E-state index in [2.05, 4.69) is 5.32 Å². The number of benzene rings is 3. The summed E-state index contributed by atoms with van der Waals surface area (Å²) in [6, 6.07) is 19.9. The zero-order chi connectivity index (χ0) is 30.2. The molecule has 0 aliphatic rings. The van der Waals surface area contributed by atoms with Gasteiger partial charge in [-0.25, -0.2) is 8.42 Å². The molecule has 0 saturated heterocycles. The third kappa shape index (κ3) is 7.88. The topological polar surface area (TPSA) is 96.0 Å². The Bertz CT molecular complexity index is 1430. The Labute approximate surface area is 244 Å². The Kier molecular flexibility index (Phi) is 10.9. The van der Waals surface area contributed by atoms with Crippen LogP contribution in [0.5, 0.6) is 5.75 Å². The summed E-state index contributed by atoms with van der Waals surface area (Å²) in [4.78, 5) is 29.1. The molecule has 0 saturated carbocycles. The van der Waals surface area contributed by atoms with Crippen LogP contribution >= 0.6 is 0 Å². The molecular formula is C32H41N3O5S. The third-order valence-corrected chi connectivity index (χ3v) is 8.90. The third-order valence-electron chi connectivity index (χ3n) is 7.13. The Hall–Kier alpha value is -3.85. The Morgan fingerprint density at radius 3 is 2.15 bits per heavy atom. The highest BCUT2D eigenvalue weighted by atomic mass is 32.2. The molecule has 0 heterocycles. The van der Waals surface area contributed by atoms with Crippen molar-refractivity contribution in [2.24, 2.45) is 0 Å². The van der Waals surface area contributed by atoms with Crippen molar-refractivity contribution < 1.29 is 22.7 Å². The molecule has 0 radical (unpaired) electrons. The number of methoxy groups -OCH3 is 1. The van der Waals surface area contributed by atoms with Crippen molar-refractivity contribution in [3.05, 3.63) is 89.5 Å². The minimum atomic E-state index is -4.11. The fourth-order valence-corrected chi connectivity index (χ4v) is 6.11. The summed E-state index contributed by atoms with van der Waals surface area (Å²) in [5.74, 6) is -0.0812. The summed E-state index contributed by atoms with van der Waals surface area (Å²) in [6.45, 7) is 9.14. The van der Waals surface area contributed by atoms with Crippen LogP contribution in [0.4, 0.5) is 5.69 Å². The van der Waals surface area contributed by atoms with Crippen LogP contribution < -0.4 is 14.4 Å². The molecule has 1 N–H and O–H groups in total. The molecule has 41 heavy (non-hydrogen) atoms. The van der Waals surface area contributed by atoms with E-state index in [4.69, 9.17) is 4.74 Å². The van der Waals surface area contributed by atoms with Crippen molar-refractivity contribution in [1.29, 1.82) is 0 Å². The van der Waals surface area contributed by atoms with Crippen molar-refractivity contribution in [3.63, 3.8) is 0 Å². The largest absolute Gasteiger partial charge is 0.497 e. The molecular weight excluding hydrogens is 538 g/mol. The van der Waals surface area contributed by atoms with Crippen LogP contribution in [0.2, 0.25) is 0 Å². The van der Waals surface area contributed by atoms with Crippen molar-refractivity contribution in [3.8, 4) is 5.75 Å². The SMILES string of the molecule is CC[C@@H](C)NC(=O)[C@@H](CC)N(Cc1ccc(OC)cc1)C(=O)CN(c1ccc(C)cc1C)S(=O)(=O)c1ccccc1. The lowest BCUT2D eigenvalue weighted by molar-refractivity contribution is -0.140. The minimum absolute atomic E-state index is 0.0698. The smallest absolute Gasteiger partial charge is 0.264 e. The van der Waals surface area contributed by atoms with Crippen molar-refractivity contribution in [2.45, 2.75) is 71.0 Å². The van der Waals surface area contributed by atoms with Crippen LogP contribution in [-0.4, -0.2) is 50.9 Å². The summed E-state index contributed by atoms with van der Waals surface area (Å²) in [7, 11) is -2.53. The summed E-state index contributed by atoms with van der Waals surface area (Å²) >= 11 is 0. The van der Waals surface area contributed by atoms with E-state index in [1.54, 1.807) is 43.5 Å². The molecule has 0 bridgehead atoms. The van der Waals surface area contributed by atoms with Crippen LogP contribution in [0.25, 0.3) is 0 Å². The zero-order valence-corrected chi connectivity index (χ0v) is 25.6. The van der Waals surface area contributed by atoms with E-state index < -0.39 is 28.5 Å². The molecule has 2 amide bonds. The molecule has 2 atom stereocenters. The lowest BCUT2D eigenvalue weighted by atomic mass is 10.1. The number of rotatable bonds is 13. The van der Waals surface area contributed by atoms with Gasteiger partial charge in [0.2, 0.25) is 11.8 Å². The van der Waals surface area contributed by atoms with Crippen LogP contribution in [0.3, 0.4) is 0 Å². The highest BCUT2D eigenvalue weighted by Crippen LogP contribution is 2.28. The molecule has 0 fully saturated rings. The molecule has 220 valence electrons. The number of anilines is 1. The summed E-state index contributed by atoms with van der Waals surface area (Å²) in [5.41, 5.74) is 2.90. The van der Waals surface area contributed by atoms with Crippen LogP contribution in [0, 0.1) is 13.8 Å². The maximum Gasteiger partial charge on any atom is 0.264 e. The molecule has 3 aromatic rings. The highest BCUT2D eigenvalue weighted by Gasteiger charge is 2.34. The summed E-state index contributed by atoms with van der Waals surface area (Å²) in [6.07, 6.45) is 1.10. The molecule has 3 aromatic carbocycles. The van der Waals surface area contributed by atoms with Crippen molar-refractivity contribution in [2.75, 3.05) is 18.0 Å². The molecule has 0 aromatic heterocycles. The predicted octanol–water partition coefficient (Wildman–Crippen LogP) is 5.23. The number of hydrogen-bond acceptors (Lipinski definition) is 5. The van der Waals surface area contributed by atoms with Gasteiger partial charge in [-0.1, -0.05) is 61.9 Å². The fourth-order valence-electron chi connectivity index (χ4n) is 4.61. The minimum Gasteiger partial charge on any atom is -0.497 e. The normalized spacial score (nSPS) is 12.7. The fraction of sp³-hybridized carbons (Fsp3) is 0.375. The Morgan fingerprint density at radius 1 is 0.927 bits per heavy atom. The highest BCUT2D eigenvalue weighted by molar-refractivity contribution is 7.92. The van der Waals surface area contributed by atoms with Gasteiger partial charge >= 0.3 is 0 Å². The van der Waals surface area contributed by atoms with Gasteiger partial charge in [0, 0.05) is 12.6 Å². The van der Waals surface area contributed by atoms with Gasteiger partial charge in [0.05, 0.1) is 17.7 Å². The van der Waals surface area contributed by atoms with Crippen LogP contribution in [-0.2, 0) is 26.2 Å². The molecule has 8 nitrogen and oxygen atoms in total. The molecule has 0 aliphatic heterocycles. The molecule has 9 heteroatoms. The van der Waals surface area contributed by atoms with Gasteiger partial charge in [0.25, 0.3) is 10.0 Å². The lowest BCUT2D eigenvalue weighted by Crippen LogP contribution is -2.53. The second kappa shape index (κ2) is 14.2. The first-order valence-electron chi connectivity index (χ1n) is 13.9. The predicted molar refractivity (Wildman–Crippen MR) is 162 cm³/mol. The van der Waals surface area contributed by atoms with Crippen LogP contribution in [0.15, 0.2) is 77.7 Å². The number of amides is 2. The van der Waals surface area contributed by atoms with E-state index in [0.29, 0.717) is 17.9 Å². The van der Waals surface area contributed by atoms with E-state index in [1.807, 2.05) is 58.9 Å². The number of nitrogens with zero attached hydrogens (tertiary/aromatic N) is 2. The van der Waals surface area contributed by atoms with Crippen molar-refractivity contribution in [1.82, 2.24) is 10.2 Å². The van der Waals surface area contributed by atoms with Gasteiger partial charge in [-0.15, -0.1) is 0 Å². The zero-order valence-electron chi connectivity index (χ0n) is 24.8. The van der Waals surface area contributed by atoms with Gasteiger partial charge in [-0.05, 0) is 75.1 Å². The molecule has 3 rings (SSSR count). The number of hydrogen-bond donors (Lipinski definition) is 1. The van der Waals surface area contributed by atoms with Gasteiger partial charge in [0.15, 0.2) is 0 Å². The first kappa shape index (κ1) is 31.7. The van der Waals surface area contributed by atoms with Crippen LogP contribution in [0.1, 0.15) is 50.3 Å². The number of sulfonamides is 1. The molecule has 0 aliphatic carbocycles. The summed E-state index contributed by atoms with van der Waals surface area (Å²) in [5, 5.41) is 2.99. The number of ether oxygens (including phenoxy) is 1. The number of carbonyl (C=O) groups excluding carboxylic acids is 2. The van der Waals surface area contributed by atoms with E-state index in [-0.39, 0.29) is 23.4 Å². The van der Waals surface area contributed by atoms with E-state index in [1.165, 1.54) is 17.0 Å². The Balaban J connectivity index is 2.07. The monoisotopic (exact) mass is 579 g/mol. The number of carbonyl (C=O) groups is 2. The van der Waals surface area contributed by atoms with E-state index in [9.17, 15) is 18.0 Å². The van der Waals surface area contributed by atoms with E-state index >= 15 is 0 Å². The second-order valence-electron chi connectivity index (χ2n) is 10.2. The van der Waals surface area contributed by atoms with Crippen molar-refractivity contribution >= 4 is 27.5 Å². The number of aryl methyl sites for hydroxylation is 2. The quantitative estimate of drug-likeness (QED) is 0.299. The van der Waals surface area contributed by atoms with Gasteiger partial charge in [-0.2, -0.15) is 0 Å². The lowest BCUT2D eigenvalue weighted by Gasteiger charge is -2.34. The first-order valence-corrected chi connectivity index (χ1v) is 15.3. The van der Waals surface area contributed by atoms with Gasteiger partial charge in [-0.3, -0.25) is 13.9 Å². The molecule has 0 unspecified atom stereocenters. The number of nitrogens with one attached hydrogen (secondary N) is 1. The Morgan fingerprint density at radius 2 is 1.59 bits per heavy atom. The maximum absolute atomic E-state index is 14.2. The van der Waals surface area contributed by atoms with E-state index in [0.717, 1.165) is 27.4 Å².